The Labute approximate surface area is 178 Å². The lowest BCUT2D eigenvalue weighted by molar-refractivity contribution is -0.383. The molecule has 3 aromatic rings. The highest BCUT2D eigenvalue weighted by atomic mass is 19.1. The normalized spacial score (nSPS) is 14.4. The zero-order chi connectivity index (χ0) is 21.8. The van der Waals surface area contributed by atoms with Crippen molar-refractivity contribution >= 4 is 29.0 Å². The van der Waals surface area contributed by atoms with Crippen molar-refractivity contribution in [3.63, 3.8) is 0 Å². The number of nitrogen functional groups attached to an aromatic ring is 1. The number of nitrogens with two attached hydrogens (primary N) is 1. The molecule has 10 heteroatoms. The molecule has 0 spiro atoms. The number of halogens is 1. The van der Waals surface area contributed by atoms with Crippen molar-refractivity contribution in [3.8, 4) is 0 Å². The van der Waals surface area contributed by atoms with Crippen LogP contribution in [0.15, 0.2) is 54.6 Å². The number of nitro groups is 1. The van der Waals surface area contributed by atoms with Crippen molar-refractivity contribution in [1.29, 1.82) is 0 Å². The van der Waals surface area contributed by atoms with Gasteiger partial charge in [-0.2, -0.15) is 9.97 Å². The molecule has 31 heavy (non-hydrogen) atoms. The summed E-state index contributed by atoms with van der Waals surface area (Å²) >= 11 is 0. The lowest BCUT2D eigenvalue weighted by Gasteiger charge is -2.35. The number of hydrogen-bond acceptors (Lipinski definition) is 8. The Kier molecular flexibility index (Phi) is 5.89. The number of rotatable bonds is 6. The smallest absolute Gasteiger partial charge is 0.353 e. The highest BCUT2D eigenvalue weighted by Crippen LogP contribution is 2.33. The summed E-state index contributed by atoms with van der Waals surface area (Å²) in [6.45, 7) is 3.38. The third-order valence-electron chi connectivity index (χ3n) is 5.08. The lowest BCUT2D eigenvalue weighted by Crippen LogP contribution is -2.46. The number of nitrogens with zero attached hydrogens (tertiary/aromatic N) is 5. The van der Waals surface area contributed by atoms with Gasteiger partial charge in [0.05, 0.1) is 4.92 Å². The SMILES string of the molecule is Nc1nc(Nc2cccc(F)c2)nc(N2CCN(Cc3ccccc3)CC2)c1[N+](=O)[O-]. The lowest BCUT2D eigenvalue weighted by atomic mass is 10.2. The summed E-state index contributed by atoms with van der Waals surface area (Å²) in [4.78, 5) is 23.6. The minimum atomic E-state index is -0.563. The van der Waals surface area contributed by atoms with E-state index >= 15 is 0 Å². The second-order valence-corrected chi connectivity index (χ2v) is 7.25. The molecule has 1 fully saturated rings. The average Bonchev–Trinajstić information content (AvgIpc) is 2.74. The number of aromatic nitrogens is 2. The van der Waals surface area contributed by atoms with Gasteiger partial charge in [0.1, 0.15) is 5.82 Å². The van der Waals surface area contributed by atoms with E-state index in [1.807, 2.05) is 23.1 Å². The van der Waals surface area contributed by atoms with Gasteiger partial charge in [0, 0.05) is 38.4 Å². The molecule has 160 valence electrons. The molecule has 0 aliphatic carbocycles. The molecule has 0 unspecified atom stereocenters. The van der Waals surface area contributed by atoms with Crippen LogP contribution in [-0.4, -0.2) is 46.0 Å². The first-order valence-corrected chi connectivity index (χ1v) is 9.85. The molecule has 0 atom stereocenters. The Morgan fingerprint density at radius 3 is 2.48 bits per heavy atom. The number of anilines is 4. The van der Waals surface area contributed by atoms with Crippen LogP contribution in [0.5, 0.6) is 0 Å². The van der Waals surface area contributed by atoms with E-state index in [9.17, 15) is 14.5 Å². The van der Waals surface area contributed by atoms with Crippen LogP contribution in [0.3, 0.4) is 0 Å². The van der Waals surface area contributed by atoms with Gasteiger partial charge in [0.15, 0.2) is 0 Å². The summed E-state index contributed by atoms with van der Waals surface area (Å²) in [5.41, 5.74) is 7.22. The zero-order valence-electron chi connectivity index (χ0n) is 16.7. The van der Waals surface area contributed by atoms with Crippen LogP contribution < -0.4 is 16.0 Å². The highest BCUT2D eigenvalue weighted by Gasteiger charge is 2.29. The van der Waals surface area contributed by atoms with Crippen molar-refractivity contribution in [1.82, 2.24) is 14.9 Å². The van der Waals surface area contributed by atoms with Crippen LogP contribution in [0.25, 0.3) is 0 Å². The van der Waals surface area contributed by atoms with Gasteiger partial charge >= 0.3 is 5.69 Å². The average molecular weight is 423 g/mol. The fourth-order valence-corrected chi connectivity index (χ4v) is 3.57. The van der Waals surface area contributed by atoms with Crippen LogP contribution in [0.4, 0.5) is 33.3 Å². The van der Waals surface area contributed by atoms with E-state index in [-0.39, 0.29) is 23.3 Å². The van der Waals surface area contributed by atoms with Crippen LogP contribution >= 0.6 is 0 Å². The summed E-state index contributed by atoms with van der Waals surface area (Å²) in [5, 5.41) is 14.5. The van der Waals surface area contributed by atoms with Gasteiger partial charge in [-0.15, -0.1) is 0 Å². The summed E-state index contributed by atoms with van der Waals surface area (Å²) < 4.78 is 13.5. The molecule has 4 rings (SSSR count). The molecule has 1 aromatic heterocycles. The molecule has 1 aliphatic heterocycles. The van der Waals surface area contributed by atoms with Gasteiger partial charge in [-0.3, -0.25) is 15.0 Å². The summed E-state index contributed by atoms with van der Waals surface area (Å²) in [6.07, 6.45) is 0. The van der Waals surface area contributed by atoms with E-state index in [0.29, 0.717) is 18.8 Å². The Balaban J connectivity index is 1.53. The number of benzene rings is 2. The van der Waals surface area contributed by atoms with Crippen molar-refractivity contribution in [2.45, 2.75) is 6.54 Å². The Morgan fingerprint density at radius 1 is 1.06 bits per heavy atom. The van der Waals surface area contributed by atoms with Crippen molar-refractivity contribution in [2.24, 2.45) is 0 Å². The minimum Gasteiger partial charge on any atom is -0.378 e. The summed E-state index contributed by atoms with van der Waals surface area (Å²) in [7, 11) is 0. The van der Waals surface area contributed by atoms with Crippen LogP contribution in [0.1, 0.15) is 5.56 Å². The second-order valence-electron chi connectivity index (χ2n) is 7.25. The summed E-state index contributed by atoms with van der Waals surface area (Å²) in [5.74, 6) is -0.415. The molecule has 1 saturated heterocycles. The van der Waals surface area contributed by atoms with E-state index in [1.54, 1.807) is 12.1 Å². The predicted octanol–water partition coefficient (Wildman–Crippen LogP) is 3.17. The molecule has 1 aliphatic rings. The first kappa shape index (κ1) is 20.5. The fraction of sp³-hybridized carbons (Fsp3) is 0.238. The molecule has 3 N–H and O–H groups in total. The van der Waals surface area contributed by atoms with Gasteiger partial charge < -0.3 is 16.0 Å². The molecule has 2 heterocycles. The second kappa shape index (κ2) is 8.92. The van der Waals surface area contributed by atoms with Gasteiger partial charge in [-0.25, -0.2) is 4.39 Å². The largest absolute Gasteiger partial charge is 0.378 e. The maximum atomic E-state index is 13.5. The maximum absolute atomic E-state index is 13.5. The Bertz CT molecular complexity index is 1070. The van der Waals surface area contributed by atoms with Crippen molar-refractivity contribution < 1.29 is 9.31 Å². The van der Waals surface area contributed by atoms with Crippen molar-refractivity contribution in [3.05, 3.63) is 76.1 Å². The number of piperazine rings is 1. The molecule has 9 nitrogen and oxygen atoms in total. The van der Waals surface area contributed by atoms with Gasteiger partial charge in [-0.1, -0.05) is 36.4 Å². The predicted molar refractivity (Wildman–Crippen MR) is 117 cm³/mol. The van der Waals surface area contributed by atoms with Crippen LogP contribution in [0.2, 0.25) is 0 Å². The monoisotopic (exact) mass is 423 g/mol. The van der Waals surface area contributed by atoms with Gasteiger partial charge in [0.2, 0.25) is 17.6 Å². The van der Waals surface area contributed by atoms with Crippen LogP contribution in [0, 0.1) is 15.9 Å². The topological polar surface area (TPSA) is 113 Å². The quantitative estimate of drug-likeness (QED) is 0.459. The van der Waals surface area contributed by atoms with E-state index in [0.717, 1.165) is 19.6 Å². The van der Waals surface area contributed by atoms with E-state index in [1.165, 1.54) is 17.7 Å². The third kappa shape index (κ3) is 4.86. The molecule has 2 aromatic carbocycles. The van der Waals surface area contributed by atoms with E-state index < -0.39 is 10.7 Å². The van der Waals surface area contributed by atoms with Crippen molar-refractivity contribution in [2.75, 3.05) is 42.1 Å². The van der Waals surface area contributed by atoms with Gasteiger partial charge in [-0.05, 0) is 23.8 Å². The summed E-state index contributed by atoms with van der Waals surface area (Å²) in [6, 6.07) is 15.9. The first-order chi connectivity index (χ1) is 15.0. The molecule has 0 bridgehead atoms. The zero-order valence-corrected chi connectivity index (χ0v) is 16.7. The molecule has 0 amide bonds. The Hall–Kier alpha value is -3.79. The molecule has 0 radical (unpaired) electrons. The molecule has 0 saturated carbocycles. The number of hydrogen-bond donors (Lipinski definition) is 2. The standard InChI is InChI=1S/C21H22FN7O2/c22-16-7-4-8-17(13-16)24-21-25-19(23)18(29(30)31)20(26-21)28-11-9-27(10-12-28)14-15-5-2-1-3-6-15/h1-8,13H,9-12,14H2,(H3,23,24,25,26). The van der Waals surface area contributed by atoms with E-state index in [4.69, 9.17) is 5.73 Å². The highest BCUT2D eigenvalue weighted by molar-refractivity contribution is 5.72. The first-order valence-electron chi connectivity index (χ1n) is 9.85. The maximum Gasteiger partial charge on any atom is 0.353 e. The fourth-order valence-electron chi connectivity index (χ4n) is 3.57. The van der Waals surface area contributed by atoms with E-state index in [2.05, 4.69) is 32.3 Å². The molecular weight excluding hydrogens is 401 g/mol. The molecular formula is C21H22FN7O2. The number of nitrogens with one attached hydrogen (secondary N) is 1. The van der Waals surface area contributed by atoms with Gasteiger partial charge in [0.25, 0.3) is 0 Å². The minimum absolute atomic E-state index is 0.0791. The Morgan fingerprint density at radius 2 is 1.81 bits per heavy atom. The third-order valence-corrected chi connectivity index (χ3v) is 5.08. The van der Waals surface area contributed by atoms with Crippen LogP contribution in [-0.2, 0) is 6.54 Å².